The van der Waals surface area contributed by atoms with E-state index in [1.807, 2.05) is 24.3 Å². The van der Waals surface area contributed by atoms with E-state index in [4.69, 9.17) is 23.9 Å². The monoisotopic (exact) mass is 892 g/mol. The summed E-state index contributed by atoms with van der Waals surface area (Å²) in [5.41, 5.74) is -0.194. The first-order chi connectivity index (χ1) is 30.1. The van der Waals surface area contributed by atoms with Gasteiger partial charge in [-0.25, -0.2) is 18.2 Å². The SMILES string of the molecule is C=CCC(C)(NC(=O)[C@@H]1C[C@@H]2CN1C(=O)[C@H](C1CCOCC1)NC(=O)OC1CC(CCCCc3c(nc4ccccc4c3OC3CCN(C)CC3)O2)C1)C(=O)NS(=O)(=O)C1(C)CC1. The van der Waals surface area contributed by atoms with Crippen LogP contribution >= 0.6 is 0 Å². The molecule has 0 spiro atoms. The summed E-state index contributed by atoms with van der Waals surface area (Å²) >= 11 is 0. The van der Waals surface area contributed by atoms with Crippen molar-refractivity contribution in [1.29, 1.82) is 0 Å². The van der Waals surface area contributed by atoms with Crippen LogP contribution in [0.4, 0.5) is 4.79 Å². The summed E-state index contributed by atoms with van der Waals surface area (Å²) in [6.07, 6.45) is 8.17. The molecule has 344 valence electrons. The topological polar surface area (TPSA) is 195 Å². The predicted octanol–water partition coefficient (Wildman–Crippen LogP) is 4.53. The number of hydrogen-bond acceptors (Lipinski definition) is 12. The fraction of sp³-hybridized carbons (Fsp3) is 0.674. The first kappa shape index (κ1) is 45.1. The van der Waals surface area contributed by atoms with Crippen molar-refractivity contribution < 1.29 is 46.5 Å². The van der Waals surface area contributed by atoms with E-state index in [0.29, 0.717) is 62.6 Å². The number of nitrogens with one attached hydrogen (secondary N) is 3. The van der Waals surface area contributed by atoms with Crippen molar-refractivity contribution in [2.24, 2.45) is 11.8 Å². The number of nitrogens with zero attached hydrogens (tertiary/aromatic N) is 3. The maximum Gasteiger partial charge on any atom is 0.408 e. The molecule has 5 aliphatic heterocycles. The van der Waals surface area contributed by atoms with Crippen LogP contribution in [0.15, 0.2) is 36.9 Å². The first-order valence-electron chi connectivity index (χ1n) is 22.9. The lowest BCUT2D eigenvalue weighted by atomic mass is 9.79. The molecule has 5 fully saturated rings. The van der Waals surface area contributed by atoms with Crippen molar-refractivity contribution in [2.45, 2.75) is 144 Å². The van der Waals surface area contributed by atoms with Crippen molar-refractivity contribution >= 4 is 44.7 Å². The highest BCUT2D eigenvalue weighted by Gasteiger charge is 2.53. The number of piperidine rings is 1. The molecular weight excluding hydrogens is 829 g/mol. The van der Waals surface area contributed by atoms with Crippen LogP contribution in [-0.2, 0) is 40.3 Å². The second-order valence-corrected chi connectivity index (χ2v) is 21.4. The fourth-order valence-electron chi connectivity index (χ4n) is 9.76. The number of benzene rings is 1. The number of amides is 4. The molecule has 3 saturated heterocycles. The number of para-hydroxylation sites is 1. The van der Waals surface area contributed by atoms with Gasteiger partial charge in [0.1, 0.15) is 41.7 Å². The maximum absolute atomic E-state index is 15.1. The highest BCUT2D eigenvalue weighted by Crippen LogP contribution is 2.43. The molecule has 2 saturated carbocycles. The van der Waals surface area contributed by atoms with E-state index in [0.717, 1.165) is 74.7 Å². The second kappa shape index (κ2) is 18.6. The zero-order chi connectivity index (χ0) is 44.5. The average molecular weight is 893 g/mol. The Balaban J connectivity index is 1.15. The third kappa shape index (κ3) is 9.95. The van der Waals surface area contributed by atoms with Crippen LogP contribution in [0.3, 0.4) is 0 Å². The molecule has 4 atom stereocenters. The highest BCUT2D eigenvalue weighted by molar-refractivity contribution is 7.91. The third-order valence-electron chi connectivity index (χ3n) is 14.3. The Hall–Kier alpha value is -4.48. The van der Waals surface area contributed by atoms with Gasteiger partial charge in [-0.15, -0.1) is 6.58 Å². The van der Waals surface area contributed by atoms with Crippen molar-refractivity contribution in [3.63, 3.8) is 0 Å². The number of sulfonamides is 1. The van der Waals surface area contributed by atoms with Crippen molar-refractivity contribution in [1.82, 2.24) is 30.1 Å². The fourth-order valence-corrected chi connectivity index (χ4v) is 11.1. The van der Waals surface area contributed by atoms with Crippen LogP contribution < -0.4 is 24.8 Å². The minimum absolute atomic E-state index is 0.00487. The van der Waals surface area contributed by atoms with E-state index in [2.05, 4.69) is 33.9 Å². The van der Waals surface area contributed by atoms with Gasteiger partial charge in [0.15, 0.2) is 0 Å². The molecule has 6 heterocycles. The van der Waals surface area contributed by atoms with E-state index >= 15 is 4.79 Å². The van der Waals surface area contributed by atoms with Gasteiger partial charge < -0.3 is 39.4 Å². The van der Waals surface area contributed by atoms with Crippen LogP contribution in [0.1, 0.15) is 103 Å². The van der Waals surface area contributed by atoms with Crippen LogP contribution in [0, 0.1) is 11.8 Å². The van der Waals surface area contributed by atoms with E-state index in [9.17, 15) is 22.8 Å². The number of fused-ring (bicyclic) bond motifs is 8. The molecule has 1 aromatic carbocycles. The number of alkyl carbamates (subject to hydrolysis) is 1. The van der Waals surface area contributed by atoms with Gasteiger partial charge in [0.25, 0.3) is 5.91 Å². The predicted molar refractivity (Wildman–Crippen MR) is 235 cm³/mol. The van der Waals surface area contributed by atoms with Gasteiger partial charge >= 0.3 is 6.09 Å². The zero-order valence-electron chi connectivity index (χ0n) is 36.9. The molecule has 63 heavy (non-hydrogen) atoms. The molecule has 7 aliphatic rings. The van der Waals surface area contributed by atoms with Gasteiger partial charge in [-0.1, -0.05) is 31.1 Å². The summed E-state index contributed by atoms with van der Waals surface area (Å²) in [5, 5.41) is 6.61. The van der Waals surface area contributed by atoms with Gasteiger partial charge in [-0.3, -0.25) is 19.1 Å². The van der Waals surface area contributed by atoms with Crippen molar-refractivity contribution in [2.75, 3.05) is 39.9 Å². The zero-order valence-corrected chi connectivity index (χ0v) is 37.7. The number of ether oxygens (including phenoxy) is 4. The van der Waals surface area contributed by atoms with Crippen molar-refractivity contribution in [3.05, 3.63) is 42.5 Å². The summed E-state index contributed by atoms with van der Waals surface area (Å²) in [4.78, 5) is 66.0. The lowest BCUT2D eigenvalue weighted by molar-refractivity contribution is -0.143. The molecule has 4 amide bonds. The Labute approximate surface area is 370 Å². The Bertz CT molecular complexity index is 2160. The van der Waals surface area contributed by atoms with E-state index in [1.54, 1.807) is 6.92 Å². The molecule has 0 radical (unpaired) electrons. The van der Waals surface area contributed by atoms with Crippen LogP contribution in [0.25, 0.3) is 10.9 Å². The van der Waals surface area contributed by atoms with Gasteiger partial charge in [-0.2, -0.15) is 0 Å². The summed E-state index contributed by atoms with van der Waals surface area (Å²) in [6.45, 7) is 9.41. The molecule has 4 bridgehead atoms. The third-order valence-corrected chi connectivity index (χ3v) is 16.5. The minimum atomic E-state index is -4.04. The molecule has 1 aromatic heterocycles. The normalized spacial score (nSPS) is 28.4. The molecule has 3 N–H and O–H groups in total. The first-order valence-corrected chi connectivity index (χ1v) is 24.4. The molecule has 2 aromatic rings. The molecular formula is C46H64N6O10S. The van der Waals surface area contributed by atoms with Crippen LogP contribution in [0.5, 0.6) is 11.6 Å². The lowest BCUT2D eigenvalue weighted by Crippen LogP contribution is -2.62. The second-order valence-electron chi connectivity index (χ2n) is 19.2. The van der Waals surface area contributed by atoms with Crippen LogP contribution in [0.2, 0.25) is 0 Å². The smallest absolute Gasteiger partial charge is 0.408 e. The number of likely N-dealkylation sites (tertiary alicyclic amines) is 1. The Kier molecular flexibility index (Phi) is 13.3. The number of pyridine rings is 1. The molecule has 9 rings (SSSR count). The van der Waals surface area contributed by atoms with Gasteiger partial charge in [0.05, 0.1) is 22.4 Å². The minimum Gasteiger partial charge on any atom is -0.489 e. The Morgan fingerprint density at radius 1 is 1.03 bits per heavy atom. The maximum atomic E-state index is 15.1. The number of hydrogen-bond donors (Lipinski definition) is 3. The van der Waals surface area contributed by atoms with Gasteiger partial charge in [0, 0.05) is 38.1 Å². The summed E-state index contributed by atoms with van der Waals surface area (Å²) < 4.78 is 52.9. The van der Waals surface area contributed by atoms with Crippen molar-refractivity contribution in [3.8, 4) is 11.6 Å². The quantitative estimate of drug-likeness (QED) is 0.283. The molecule has 1 unspecified atom stereocenters. The van der Waals surface area contributed by atoms with E-state index in [1.165, 1.54) is 17.9 Å². The highest BCUT2D eigenvalue weighted by atomic mass is 32.2. The number of aromatic nitrogens is 1. The van der Waals surface area contributed by atoms with Crippen LogP contribution in [-0.4, -0.2) is 128 Å². The Morgan fingerprint density at radius 2 is 1.76 bits per heavy atom. The molecule has 2 aliphatic carbocycles. The number of carbonyl (C=O) groups excluding carboxylic acids is 4. The number of rotatable bonds is 10. The average Bonchev–Trinajstić information content (AvgIpc) is 3.88. The number of carbonyl (C=O) groups is 4. The largest absolute Gasteiger partial charge is 0.489 e. The summed E-state index contributed by atoms with van der Waals surface area (Å²) in [6, 6.07) is 5.64. The van der Waals surface area contributed by atoms with Gasteiger partial charge in [0.2, 0.25) is 27.7 Å². The van der Waals surface area contributed by atoms with E-state index < -0.39 is 62.3 Å². The standard InChI is InChI=1S/C46H64N6O10S/c1-5-18-46(3,43(55)50-63(57,58)45(2)19-20-45)49-40(53)37-27-33-28-52(37)42(54)38(30-16-23-59-24-17-30)48-44(56)62-32-25-29(26-32)10-6-7-12-35-39(60-31-14-21-51(4)22-15-31)34-11-8-9-13-36(34)47-41(35)61-33/h5,8-9,11,13,29-33,37-38H,1,6-7,10,12,14-28H2,2-4H3,(H,48,56)(H,49,53)(H,50,55)/t29?,32?,33-,37+,38+,46?/m1/s1. The molecule has 16 nitrogen and oxygen atoms in total. The lowest BCUT2D eigenvalue weighted by Gasteiger charge is -2.37. The summed E-state index contributed by atoms with van der Waals surface area (Å²) in [5.74, 6) is -0.827. The van der Waals surface area contributed by atoms with E-state index in [-0.39, 0.29) is 37.5 Å². The summed E-state index contributed by atoms with van der Waals surface area (Å²) in [7, 11) is -1.93. The molecule has 17 heteroatoms. The Morgan fingerprint density at radius 3 is 2.48 bits per heavy atom. The van der Waals surface area contributed by atoms with Gasteiger partial charge in [-0.05, 0) is 115 Å².